The van der Waals surface area contributed by atoms with Gasteiger partial charge in [0.1, 0.15) is 0 Å². The molecule has 0 saturated carbocycles. The van der Waals surface area contributed by atoms with E-state index in [0.29, 0.717) is 0 Å². The molecule has 0 radical (unpaired) electrons. The molecule has 1 aromatic rings. The molecule has 1 heterocycles. The van der Waals surface area contributed by atoms with Crippen LogP contribution in [0.4, 0.5) is 0 Å². The van der Waals surface area contributed by atoms with Gasteiger partial charge in [-0.1, -0.05) is 18.2 Å². The molecule has 0 amide bonds. The molecule has 0 aromatic heterocycles. The fourth-order valence-electron chi connectivity index (χ4n) is 3.42. The maximum Gasteiger partial charge on any atom is 0.0681 e. The summed E-state index contributed by atoms with van der Waals surface area (Å²) in [4.78, 5) is 0. The van der Waals surface area contributed by atoms with Gasteiger partial charge < -0.3 is 16.2 Å². The lowest BCUT2D eigenvalue weighted by atomic mass is 9.73. The molecule has 1 aromatic carbocycles. The maximum absolute atomic E-state index is 9.21. The normalized spacial score (nSPS) is 26.1. The minimum atomic E-state index is 0.106. The summed E-state index contributed by atoms with van der Waals surface area (Å²) in [6.07, 6.45) is 3.44. The molecule has 1 fully saturated rings. The number of fused-ring (bicyclic) bond motifs is 1. The number of aliphatic hydroxyl groups excluding tert-OH is 1. The lowest BCUT2D eigenvalue weighted by Crippen LogP contribution is -2.42. The molecule has 2 aliphatic rings. The first kappa shape index (κ1) is 11.2. The molecule has 0 unspecified atom stereocenters. The van der Waals surface area contributed by atoms with Gasteiger partial charge in [0, 0.05) is 6.04 Å². The van der Waals surface area contributed by atoms with Crippen LogP contribution in [0.2, 0.25) is 0 Å². The van der Waals surface area contributed by atoms with Crippen LogP contribution in [-0.2, 0) is 13.0 Å². The van der Waals surface area contributed by atoms with Crippen LogP contribution < -0.4 is 11.1 Å². The minimum Gasteiger partial charge on any atom is -0.392 e. The molecule has 4 N–H and O–H groups in total. The van der Waals surface area contributed by atoms with Crippen LogP contribution >= 0.6 is 0 Å². The SMILES string of the molecule is N[C@@H]1c2cc(CO)ccc2CC12CCNCC2. The molecule has 92 valence electrons. The molecule has 3 rings (SSSR count). The molecule has 0 bridgehead atoms. The van der Waals surface area contributed by atoms with E-state index < -0.39 is 0 Å². The minimum absolute atomic E-state index is 0.106. The smallest absolute Gasteiger partial charge is 0.0681 e. The highest BCUT2D eigenvalue weighted by Crippen LogP contribution is 2.49. The fraction of sp³-hybridized carbons (Fsp3) is 0.571. The number of hydrogen-bond acceptors (Lipinski definition) is 3. The molecular weight excluding hydrogens is 212 g/mol. The van der Waals surface area contributed by atoms with Crippen molar-refractivity contribution in [1.82, 2.24) is 5.32 Å². The van der Waals surface area contributed by atoms with E-state index in [1.807, 2.05) is 6.07 Å². The van der Waals surface area contributed by atoms with E-state index >= 15 is 0 Å². The van der Waals surface area contributed by atoms with Crippen molar-refractivity contribution in [2.45, 2.75) is 31.9 Å². The van der Waals surface area contributed by atoms with Gasteiger partial charge >= 0.3 is 0 Å². The summed E-state index contributed by atoms with van der Waals surface area (Å²) in [7, 11) is 0. The zero-order valence-corrected chi connectivity index (χ0v) is 10.1. The quantitative estimate of drug-likeness (QED) is 0.679. The highest BCUT2D eigenvalue weighted by Gasteiger charge is 2.44. The number of piperidine rings is 1. The zero-order chi connectivity index (χ0) is 11.9. The third-order valence-electron chi connectivity index (χ3n) is 4.53. The number of benzene rings is 1. The molecule has 1 saturated heterocycles. The van der Waals surface area contributed by atoms with Crippen molar-refractivity contribution >= 4 is 0 Å². The van der Waals surface area contributed by atoms with Crippen molar-refractivity contribution in [2.75, 3.05) is 13.1 Å². The predicted molar refractivity (Wildman–Crippen MR) is 67.5 cm³/mol. The lowest BCUT2D eigenvalue weighted by Gasteiger charge is -2.37. The summed E-state index contributed by atoms with van der Waals surface area (Å²) in [6.45, 7) is 2.26. The molecule has 1 spiro atoms. The third kappa shape index (κ3) is 1.69. The Morgan fingerprint density at radius 1 is 1.35 bits per heavy atom. The van der Waals surface area contributed by atoms with Crippen molar-refractivity contribution in [3.8, 4) is 0 Å². The average molecular weight is 232 g/mol. The molecular formula is C14H20N2O. The second-order valence-electron chi connectivity index (χ2n) is 5.46. The van der Waals surface area contributed by atoms with E-state index in [2.05, 4.69) is 17.4 Å². The Morgan fingerprint density at radius 3 is 2.82 bits per heavy atom. The third-order valence-corrected chi connectivity index (χ3v) is 4.53. The number of rotatable bonds is 1. The molecule has 1 atom stereocenters. The van der Waals surface area contributed by atoms with E-state index in [0.717, 1.165) is 37.9 Å². The highest BCUT2D eigenvalue weighted by molar-refractivity contribution is 5.41. The van der Waals surface area contributed by atoms with E-state index in [4.69, 9.17) is 5.73 Å². The standard InChI is InChI=1S/C14H20N2O/c15-13-12-7-10(9-17)1-2-11(12)8-14(13)3-5-16-6-4-14/h1-2,7,13,16-17H,3-6,8-9,15H2/t13-/m1/s1. The summed E-state index contributed by atoms with van der Waals surface area (Å²) in [5, 5.41) is 12.6. The Morgan fingerprint density at radius 2 is 2.12 bits per heavy atom. The van der Waals surface area contributed by atoms with Crippen LogP contribution in [0.5, 0.6) is 0 Å². The van der Waals surface area contributed by atoms with E-state index in [1.54, 1.807) is 0 Å². The van der Waals surface area contributed by atoms with Gasteiger partial charge in [0.05, 0.1) is 6.61 Å². The molecule has 3 heteroatoms. The Kier molecular flexibility index (Phi) is 2.69. The second kappa shape index (κ2) is 4.09. The van der Waals surface area contributed by atoms with Crippen LogP contribution in [-0.4, -0.2) is 18.2 Å². The van der Waals surface area contributed by atoms with Gasteiger partial charge in [-0.2, -0.15) is 0 Å². The van der Waals surface area contributed by atoms with E-state index in [-0.39, 0.29) is 18.1 Å². The van der Waals surface area contributed by atoms with Gasteiger partial charge in [-0.25, -0.2) is 0 Å². The van der Waals surface area contributed by atoms with Crippen LogP contribution in [0, 0.1) is 5.41 Å². The largest absolute Gasteiger partial charge is 0.392 e. The lowest BCUT2D eigenvalue weighted by molar-refractivity contribution is 0.174. The predicted octanol–water partition coefficient (Wildman–Crippen LogP) is 1.10. The molecule has 3 nitrogen and oxygen atoms in total. The number of hydrogen-bond donors (Lipinski definition) is 3. The Labute approximate surface area is 102 Å². The van der Waals surface area contributed by atoms with Gasteiger partial charge in [0.25, 0.3) is 0 Å². The summed E-state index contributed by atoms with van der Waals surface area (Å²) >= 11 is 0. The van der Waals surface area contributed by atoms with Crippen LogP contribution in [0.1, 0.15) is 35.6 Å². The Balaban J connectivity index is 1.96. The van der Waals surface area contributed by atoms with Gasteiger partial charge in [0.2, 0.25) is 0 Å². The number of nitrogens with one attached hydrogen (secondary N) is 1. The second-order valence-corrected chi connectivity index (χ2v) is 5.46. The molecule has 1 aliphatic carbocycles. The monoisotopic (exact) mass is 232 g/mol. The fourth-order valence-corrected chi connectivity index (χ4v) is 3.42. The highest BCUT2D eigenvalue weighted by atomic mass is 16.3. The van der Waals surface area contributed by atoms with E-state index in [9.17, 15) is 5.11 Å². The first-order chi connectivity index (χ1) is 8.25. The summed E-state index contributed by atoms with van der Waals surface area (Å²) < 4.78 is 0. The van der Waals surface area contributed by atoms with Crippen molar-refractivity contribution in [3.05, 3.63) is 34.9 Å². The van der Waals surface area contributed by atoms with Crippen molar-refractivity contribution in [2.24, 2.45) is 11.1 Å². The Hall–Kier alpha value is -0.900. The van der Waals surface area contributed by atoms with Gasteiger partial charge in [0.15, 0.2) is 0 Å². The van der Waals surface area contributed by atoms with Crippen LogP contribution in [0.15, 0.2) is 18.2 Å². The molecule has 1 aliphatic heterocycles. The van der Waals surface area contributed by atoms with Crippen molar-refractivity contribution in [1.29, 1.82) is 0 Å². The average Bonchev–Trinajstić information content (AvgIpc) is 2.63. The maximum atomic E-state index is 9.21. The Bertz CT molecular complexity index is 424. The summed E-state index contributed by atoms with van der Waals surface area (Å²) in [5.74, 6) is 0. The topological polar surface area (TPSA) is 58.3 Å². The molecule has 17 heavy (non-hydrogen) atoms. The van der Waals surface area contributed by atoms with E-state index in [1.165, 1.54) is 11.1 Å². The van der Waals surface area contributed by atoms with Gasteiger partial charge in [-0.3, -0.25) is 0 Å². The number of nitrogens with two attached hydrogens (primary N) is 1. The van der Waals surface area contributed by atoms with Gasteiger partial charge in [-0.05, 0) is 54.5 Å². The first-order valence-corrected chi connectivity index (χ1v) is 6.44. The van der Waals surface area contributed by atoms with Crippen LogP contribution in [0.3, 0.4) is 0 Å². The zero-order valence-electron chi connectivity index (χ0n) is 10.1. The van der Waals surface area contributed by atoms with Crippen LogP contribution in [0.25, 0.3) is 0 Å². The van der Waals surface area contributed by atoms with Gasteiger partial charge in [-0.15, -0.1) is 0 Å². The van der Waals surface area contributed by atoms with Crippen molar-refractivity contribution < 1.29 is 5.11 Å². The summed E-state index contributed by atoms with van der Waals surface area (Å²) in [5.41, 5.74) is 10.4. The summed E-state index contributed by atoms with van der Waals surface area (Å²) in [6, 6.07) is 6.41. The van der Waals surface area contributed by atoms with Crippen molar-refractivity contribution in [3.63, 3.8) is 0 Å². The first-order valence-electron chi connectivity index (χ1n) is 6.44. The number of aliphatic hydroxyl groups is 1.